The summed E-state index contributed by atoms with van der Waals surface area (Å²) in [5.41, 5.74) is 1.39. The molecule has 0 spiro atoms. The Bertz CT molecular complexity index is 774. The maximum atomic E-state index is 13.0. The zero-order valence-corrected chi connectivity index (χ0v) is 13.7. The number of hydrogen-bond acceptors (Lipinski definition) is 4. The molecule has 130 valence electrons. The third kappa shape index (κ3) is 6.47. The summed E-state index contributed by atoms with van der Waals surface area (Å²) in [5, 5.41) is 2.64. The summed E-state index contributed by atoms with van der Waals surface area (Å²) in [6, 6.07) is 13.0. The molecule has 0 aromatic heterocycles. The zero-order chi connectivity index (χ0) is 18.1. The van der Waals surface area contributed by atoms with Crippen LogP contribution in [0.15, 0.2) is 54.6 Å². The van der Waals surface area contributed by atoms with Crippen molar-refractivity contribution in [2.75, 3.05) is 13.7 Å². The maximum absolute atomic E-state index is 13.0. The van der Waals surface area contributed by atoms with Gasteiger partial charge in [-0.25, -0.2) is 9.18 Å². The van der Waals surface area contributed by atoms with Gasteiger partial charge < -0.3 is 14.8 Å². The van der Waals surface area contributed by atoms with Crippen molar-refractivity contribution in [2.45, 2.75) is 6.54 Å². The molecule has 5 nitrogen and oxygen atoms in total. The first-order valence-electron chi connectivity index (χ1n) is 7.57. The molecular weight excluding hydrogens is 325 g/mol. The minimum atomic E-state index is -0.680. The van der Waals surface area contributed by atoms with E-state index >= 15 is 0 Å². The van der Waals surface area contributed by atoms with E-state index in [4.69, 9.17) is 9.47 Å². The van der Waals surface area contributed by atoms with Crippen LogP contribution in [0.2, 0.25) is 0 Å². The Balaban J connectivity index is 1.74. The van der Waals surface area contributed by atoms with Crippen LogP contribution in [0.3, 0.4) is 0 Å². The lowest BCUT2D eigenvalue weighted by molar-refractivity contribution is -0.143. The Kier molecular flexibility index (Phi) is 6.71. The monoisotopic (exact) mass is 343 g/mol. The summed E-state index contributed by atoms with van der Waals surface area (Å²) < 4.78 is 22.9. The Morgan fingerprint density at radius 3 is 2.72 bits per heavy atom. The first-order chi connectivity index (χ1) is 12.1. The highest BCUT2D eigenvalue weighted by Gasteiger charge is 2.05. The van der Waals surface area contributed by atoms with Crippen LogP contribution >= 0.6 is 0 Å². The van der Waals surface area contributed by atoms with E-state index < -0.39 is 24.3 Å². The van der Waals surface area contributed by atoms with Gasteiger partial charge in [0, 0.05) is 12.6 Å². The lowest BCUT2D eigenvalue weighted by Gasteiger charge is -2.07. The molecule has 2 aromatic rings. The second-order valence-corrected chi connectivity index (χ2v) is 5.12. The summed E-state index contributed by atoms with van der Waals surface area (Å²) in [7, 11) is 1.56. The summed E-state index contributed by atoms with van der Waals surface area (Å²) in [4.78, 5) is 23.3. The lowest BCUT2D eigenvalue weighted by atomic mass is 10.2. The molecule has 1 amide bonds. The minimum Gasteiger partial charge on any atom is -0.497 e. The molecule has 0 heterocycles. The molecule has 1 N–H and O–H groups in total. The molecular formula is C19H18FNO4. The van der Waals surface area contributed by atoms with Crippen molar-refractivity contribution in [3.05, 3.63) is 71.6 Å². The first kappa shape index (κ1) is 18.2. The fraction of sp³-hybridized carbons (Fsp3) is 0.158. The number of methoxy groups -OCH3 is 1. The van der Waals surface area contributed by atoms with Crippen LogP contribution in [-0.2, 0) is 20.9 Å². The van der Waals surface area contributed by atoms with Crippen molar-refractivity contribution in [3.63, 3.8) is 0 Å². The fourth-order valence-electron chi connectivity index (χ4n) is 1.99. The number of amides is 1. The van der Waals surface area contributed by atoms with Gasteiger partial charge in [0.2, 0.25) is 0 Å². The van der Waals surface area contributed by atoms with E-state index in [1.165, 1.54) is 24.3 Å². The number of halogens is 1. The number of nitrogens with one attached hydrogen (secondary N) is 1. The van der Waals surface area contributed by atoms with Crippen molar-refractivity contribution in [1.29, 1.82) is 0 Å². The van der Waals surface area contributed by atoms with Crippen molar-refractivity contribution >= 4 is 18.0 Å². The zero-order valence-electron chi connectivity index (χ0n) is 13.7. The van der Waals surface area contributed by atoms with E-state index in [0.29, 0.717) is 17.9 Å². The Morgan fingerprint density at radius 1 is 1.16 bits per heavy atom. The van der Waals surface area contributed by atoms with Gasteiger partial charge in [0.15, 0.2) is 6.61 Å². The molecule has 6 heteroatoms. The Hall–Kier alpha value is -3.15. The highest BCUT2D eigenvalue weighted by atomic mass is 19.1. The van der Waals surface area contributed by atoms with Crippen LogP contribution < -0.4 is 10.1 Å². The molecule has 0 atom stereocenters. The standard InChI is InChI=1S/C19H18FNO4/c1-24-17-7-3-5-15(11-17)12-21-18(22)13-25-19(23)9-8-14-4-2-6-16(20)10-14/h2-11H,12-13H2,1H3,(H,21,22)/b9-8+. The fourth-order valence-corrected chi connectivity index (χ4v) is 1.99. The Labute approximate surface area is 145 Å². The predicted molar refractivity (Wildman–Crippen MR) is 91.2 cm³/mol. The number of hydrogen-bond donors (Lipinski definition) is 1. The molecule has 2 rings (SSSR count). The van der Waals surface area contributed by atoms with Crippen molar-refractivity contribution in [1.82, 2.24) is 5.32 Å². The molecule has 0 aliphatic carbocycles. The molecule has 2 aromatic carbocycles. The number of ether oxygens (including phenoxy) is 2. The van der Waals surface area contributed by atoms with Gasteiger partial charge in [0.25, 0.3) is 5.91 Å². The van der Waals surface area contributed by atoms with Gasteiger partial charge in [-0.15, -0.1) is 0 Å². The van der Waals surface area contributed by atoms with E-state index in [9.17, 15) is 14.0 Å². The Morgan fingerprint density at radius 2 is 1.96 bits per heavy atom. The smallest absolute Gasteiger partial charge is 0.331 e. The molecule has 0 saturated carbocycles. The summed E-state index contributed by atoms with van der Waals surface area (Å²) in [6.07, 6.45) is 2.56. The second kappa shape index (κ2) is 9.22. The molecule has 0 aliphatic heterocycles. The molecule has 0 bridgehead atoms. The van der Waals surface area contributed by atoms with Crippen LogP contribution in [0.25, 0.3) is 6.08 Å². The molecule has 0 aliphatic rings. The number of carbonyl (C=O) groups excluding carboxylic acids is 2. The average Bonchev–Trinajstić information content (AvgIpc) is 2.63. The van der Waals surface area contributed by atoms with Crippen LogP contribution in [0.4, 0.5) is 4.39 Å². The number of benzene rings is 2. The summed E-state index contributed by atoms with van der Waals surface area (Å²) >= 11 is 0. The van der Waals surface area contributed by atoms with E-state index in [1.54, 1.807) is 25.3 Å². The van der Waals surface area contributed by atoms with Crippen molar-refractivity contribution in [3.8, 4) is 5.75 Å². The molecule has 0 saturated heterocycles. The number of esters is 1. The third-order valence-corrected chi connectivity index (χ3v) is 3.23. The molecule has 0 radical (unpaired) electrons. The van der Waals surface area contributed by atoms with Crippen molar-refractivity contribution < 1.29 is 23.5 Å². The average molecular weight is 343 g/mol. The number of rotatable bonds is 7. The van der Waals surface area contributed by atoms with Gasteiger partial charge in [0.1, 0.15) is 11.6 Å². The van der Waals surface area contributed by atoms with Gasteiger partial charge in [-0.2, -0.15) is 0 Å². The largest absolute Gasteiger partial charge is 0.497 e. The summed E-state index contributed by atoms with van der Waals surface area (Å²) in [6.45, 7) is -0.0942. The van der Waals surface area contributed by atoms with Crippen LogP contribution in [0, 0.1) is 5.82 Å². The lowest BCUT2D eigenvalue weighted by Crippen LogP contribution is -2.28. The first-order valence-corrected chi connectivity index (χ1v) is 7.57. The molecule has 0 fully saturated rings. The van der Waals surface area contributed by atoms with E-state index in [-0.39, 0.29) is 0 Å². The normalized spacial score (nSPS) is 10.5. The number of carbonyl (C=O) groups is 2. The van der Waals surface area contributed by atoms with E-state index in [2.05, 4.69) is 5.32 Å². The van der Waals surface area contributed by atoms with Crippen LogP contribution in [-0.4, -0.2) is 25.6 Å². The van der Waals surface area contributed by atoms with Gasteiger partial charge in [-0.1, -0.05) is 24.3 Å². The highest BCUT2D eigenvalue weighted by Crippen LogP contribution is 2.12. The topological polar surface area (TPSA) is 64.6 Å². The van der Waals surface area contributed by atoms with E-state index in [1.807, 2.05) is 12.1 Å². The van der Waals surface area contributed by atoms with Gasteiger partial charge in [0.05, 0.1) is 7.11 Å². The van der Waals surface area contributed by atoms with E-state index in [0.717, 1.165) is 11.6 Å². The minimum absolute atomic E-state index is 0.298. The SMILES string of the molecule is COc1cccc(CNC(=O)COC(=O)/C=C/c2cccc(F)c2)c1. The highest BCUT2D eigenvalue weighted by molar-refractivity contribution is 5.89. The van der Waals surface area contributed by atoms with Gasteiger partial charge in [-0.3, -0.25) is 4.79 Å². The van der Waals surface area contributed by atoms with Gasteiger partial charge in [-0.05, 0) is 41.5 Å². The second-order valence-electron chi connectivity index (χ2n) is 5.12. The predicted octanol–water partition coefficient (Wildman–Crippen LogP) is 2.71. The maximum Gasteiger partial charge on any atom is 0.331 e. The third-order valence-electron chi connectivity index (χ3n) is 3.23. The summed E-state index contributed by atoms with van der Waals surface area (Å²) in [5.74, 6) is -0.802. The van der Waals surface area contributed by atoms with Crippen molar-refractivity contribution in [2.24, 2.45) is 0 Å². The van der Waals surface area contributed by atoms with Crippen LogP contribution in [0.1, 0.15) is 11.1 Å². The molecule has 0 unspecified atom stereocenters. The van der Waals surface area contributed by atoms with Gasteiger partial charge >= 0.3 is 5.97 Å². The van der Waals surface area contributed by atoms with Crippen LogP contribution in [0.5, 0.6) is 5.75 Å². The molecule has 25 heavy (non-hydrogen) atoms. The quantitative estimate of drug-likeness (QED) is 0.620.